The fourth-order valence-corrected chi connectivity index (χ4v) is 1.89. The summed E-state index contributed by atoms with van der Waals surface area (Å²) in [6, 6.07) is 5.00. The van der Waals surface area contributed by atoms with Crippen LogP contribution in [-0.4, -0.2) is 0 Å². The molecule has 1 atom stereocenters. The first-order valence-corrected chi connectivity index (χ1v) is 6.16. The van der Waals surface area contributed by atoms with Crippen molar-refractivity contribution in [2.75, 3.05) is 0 Å². The average Bonchev–Trinajstić information content (AvgIpc) is 2.27. The van der Waals surface area contributed by atoms with Gasteiger partial charge >= 0.3 is 0 Å². The van der Waals surface area contributed by atoms with Crippen molar-refractivity contribution in [3.63, 3.8) is 0 Å². The van der Waals surface area contributed by atoms with E-state index < -0.39 is 0 Å². The van der Waals surface area contributed by atoms with Crippen molar-refractivity contribution in [2.24, 2.45) is 5.73 Å². The third kappa shape index (κ3) is 3.93. The second-order valence-corrected chi connectivity index (χ2v) is 4.48. The maximum atomic E-state index is 13.5. The summed E-state index contributed by atoms with van der Waals surface area (Å²) in [4.78, 5) is 0. The SMILES string of the molecule is CCCCCCC(N)c1cc(C)ccc1F. The van der Waals surface area contributed by atoms with Crippen molar-refractivity contribution in [1.82, 2.24) is 0 Å². The highest BCUT2D eigenvalue weighted by atomic mass is 19.1. The minimum absolute atomic E-state index is 0.156. The molecular weight excluding hydrogens is 201 g/mol. The van der Waals surface area contributed by atoms with Gasteiger partial charge in [0.05, 0.1) is 0 Å². The summed E-state index contributed by atoms with van der Waals surface area (Å²) in [5.74, 6) is -0.173. The number of rotatable bonds is 6. The molecule has 0 saturated carbocycles. The molecule has 0 amide bonds. The van der Waals surface area contributed by atoms with Crippen molar-refractivity contribution >= 4 is 0 Å². The lowest BCUT2D eigenvalue weighted by atomic mass is 9.99. The summed E-state index contributed by atoms with van der Waals surface area (Å²) < 4.78 is 13.5. The van der Waals surface area contributed by atoms with E-state index in [0.717, 1.165) is 18.4 Å². The van der Waals surface area contributed by atoms with Crippen LogP contribution in [0.5, 0.6) is 0 Å². The zero-order chi connectivity index (χ0) is 12.0. The van der Waals surface area contributed by atoms with Crippen LogP contribution >= 0.6 is 0 Å². The molecule has 0 bridgehead atoms. The standard InChI is InChI=1S/C14H22FN/c1-3-4-5-6-7-14(16)12-10-11(2)8-9-13(12)15/h8-10,14H,3-7,16H2,1-2H3. The highest BCUT2D eigenvalue weighted by molar-refractivity contribution is 5.26. The zero-order valence-electron chi connectivity index (χ0n) is 10.3. The van der Waals surface area contributed by atoms with Gasteiger partial charge < -0.3 is 5.73 Å². The van der Waals surface area contributed by atoms with Crippen molar-refractivity contribution in [2.45, 2.75) is 52.0 Å². The molecule has 1 aromatic rings. The molecule has 0 radical (unpaired) electrons. The van der Waals surface area contributed by atoms with Gasteiger partial charge in [-0.25, -0.2) is 4.39 Å². The van der Waals surface area contributed by atoms with Crippen LogP contribution < -0.4 is 5.73 Å². The first-order chi connectivity index (χ1) is 7.65. The van der Waals surface area contributed by atoms with Gasteiger partial charge in [-0.15, -0.1) is 0 Å². The summed E-state index contributed by atoms with van der Waals surface area (Å²) in [6.07, 6.45) is 5.61. The second-order valence-electron chi connectivity index (χ2n) is 4.48. The van der Waals surface area contributed by atoms with E-state index in [-0.39, 0.29) is 11.9 Å². The van der Waals surface area contributed by atoms with Gasteiger partial charge in [-0.05, 0) is 19.4 Å². The number of hydrogen-bond acceptors (Lipinski definition) is 1. The van der Waals surface area contributed by atoms with Gasteiger partial charge in [0.2, 0.25) is 0 Å². The molecule has 1 rings (SSSR count). The van der Waals surface area contributed by atoms with Crippen LogP contribution in [0, 0.1) is 12.7 Å². The fourth-order valence-electron chi connectivity index (χ4n) is 1.89. The van der Waals surface area contributed by atoms with Gasteiger partial charge in [-0.3, -0.25) is 0 Å². The molecule has 0 spiro atoms. The lowest BCUT2D eigenvalue weighted by Gasteiger charge is -2.13. The molecule has 0 fully saturated rings. The number of nitrogens with two attached hydrogens (primary N) is 1. The Kier molecular flexibility index (Phi) is 5.47. The third-order valence-corrected chi connectivity index (χ3v) is 2.92. The smallest absolute Gasteiger partial charge is 0.127 e. The summed E-state index contributed by atoms with van der Waals surface area (Å²) in [5.41, 5.74) is 7.74. The van der Waals surface area contributed by atoms with Crippen molar-refractivity contribution < 1.29 is 4.39 Å². The Morgan fingerprint density at radius 3 is 2.69 bits per heavy atom. The normalized spacial score (nSPS) is 12.8. The second kappa shape index (κ2) is 6.64. The molecule has 0 heterocycles. The molecule has 0 aromatic heterocycles. The van der Waals surface area contributed by atoms with Crippen LogP contribution in [0.2, 0.25) is 0 Å². The molecule has 0 aliphatic heterocycles. The van der Waals surface area contributed by atoms with E-state index in [0.29, 0.717) is 5.56 Å². The number of hydrogen-bond donors (Lipinski definition) is 1. The minimum Gasteiger partial charge on any atom is -0.324 e. The molecule has 2 heteroatoms. The number of unbranched alkanes of at least 4 members (excludes halogenated alkanes) is 3. The summed E-state index contributed by atoms with van der Waals surface area (Å²) in [5, 5.41) is 0. The number of aryl methyl sites for hydroxylation is 1. The van der Waals surface area contributed by atoms with E-state index in [2.05, 4.69) is 6.92 Å². The summed E-state index contributed by atoms with van der Waals surface area (Å²) in [6.45, 7) is 4.15. The van der Waals surface area contributed by atoms with Gasteiger partial charge in [-0.2, -0.15) is 0 Å². The largest absolute Gasteiger partial charge is 0.324 e. The van der Waals surface area contributed by atoms with Gasteiger partial charge in [0.15, 0.2) is 0 Å². The van der Waals surface area contributed by atoms with Crippen LogP contribution in [-0.2, 0) is 0 Å². The Bertz CT molecular complexity index is 323. The zero-order valence-corrected chi connectivity index (χ0v) is 10.3. The summed E-state index contributed by atoms with van der Waals surface area (Å²) in [7, 11) is 0. The summed E-state index contributed by atoms with van der Waals surface area (Å²) >= 11 is 0. The van der Waals surface area contributed by atoms with Crippen molar-refractivity contribution in [3.05, 3.63) is 35.1 Å². The van der Waals surface area contributed by atoms with Gasteiger partial charge in [0.25, 0.3) is 0 Å². The maximum absolute atomic E-state index is 13.5. The fraction of sp³-hybridized carbons (Fsp3) is 0.571. The average molecular weight is 223 g/mol. The molecule has 90 valence electrons. The Morgan fingerprint density at radius 1 is 1.25 bits per heavy atom. The van der Waals surface area contributed by atoms with Gasteiger partial charge in [-0.1, -0.05) is 50.3 Å². The molecule has 2 N–H and O–H groups in total. The van der Waals surface area contributed by atoms with Gasteiger partial charge in [0.1, 0.15) is 5.82 Å². The van der Waals surface area contributed by atoms with Gasteiger partial charge in [0, 0.05) is 11.6 Å². The number of benzene rings is 1. The monoisotopic (exact) mass is 223 g/mol. The highest BCUT2D eigenvalue weighted by Gasteiger charge is 2.10. The molecule has 0 saturated heterocycles. The first-order valence-electron chi connectivity index (χ1n) is 6.16. The topological polar surface area (TPSA) is 26.0 Å². The van der Waals surface area contributed by atoms with E-state index >= 15 is 0 Å². The van der Waals surface area contributed by atoms with E-state index in [1.54, 1.807) is 6.07 Å². The lowest BCUT2D eigenvalue weighted by Crippen LogP contribution is -2.12. The predicted molar refractivity (Wildman–Crippen MR) is 66.8 cm³/mol. The van der Waals surface area contributed by atoms with Crippen molar-refractivity contribution in [3.8, 4) is 0 Å². The molecule has 1 aromatic carbocycles. The van der Waals surface area contributed by atoms with E-state index in [1.807, 2.05) is 13.0 Å². The molecule has 0 aliphatic rings. The Hall–Kier alpha value is -0.890. The van der Waals surface area contributed by atoms with Crippen molar-refractivity contribution in [1.29, 1.82) is 0 Å². The first kappa shape index (κ1) is 13.2. The van der Waals surface area contributed by atoms with Crippen LogP contribution in [0.1, 0.15) is 56.2 Å². The van der Waals surface area contributed by atoms with Crippen LogP contribution in [0.25, 0.3) is 0 Å². The third-order valence-electron chi connectivity index (χ3n) is 2.92. The van der Waals surface area contributed by atoms with E-state index in [1.165, 1.54) is 25.3 Å². The minimum atomic E-state index is -0.173. The van der Waals surface area contributed by atoms with Crippen LogP contribution in [0.3, 0.4) is 0 Å². The van der Waals surface area contributed by atoms with E-state index in [4.69, 9.17) is 5.73 Å². The predicted octanol–water partition coefficient (Wildman–Crippen LogP) is 4.10. The Balaban J connectivity index is 2.51. The Labute approximate surface area is 97.9 Å². The molecular formula is C14H22FN. The molecule has 0 aliphatic carbocycles. The van der Waals surface area contributed by atoms with E-state index in [9.17, 15) is 4.39 Å². The van der Waals surface area contributed by atoms with Crippen LogP contribution in [0.15, 0.2) is 18.2 Å². The lowest BCUT2D eigenvalue weighted by molar-refractivity contribution is 0.531. The maximum Gasteiger partial charge on any atom is 0.127 e. The number of halogens is 1. The van der Waals surface area contributed by atoms with Crippen LogP contribution in [0.4, 0.5) is 4.39 Å². The molecule has 16 heavy (non-hydrogen) atoms. The molecule has 1 unspecified atom stereocenters. The molecule has 1 nitrogen and oxygen atoms in total. The highest BCUT2D eigenvalue weighted by Crippen LogP contribution is 2.21. The quantitative estimate of drug-likeness (QED) is 0.722. The Morgan fingerprint density at radius 2 is 2.00 bits per heavy atom.